The van der Waals surface area contributed by atoms with Gasteiger partial charge in [-0.05, 0) is 22.3 Å². The first-order valence-electron chi connectivity index (χ1n) is 13.6. The summed E-state index contributed by atoms with van der Waals surface area (Å²) in [5.74, 6) is -0.449. The van der Waals surface area contributed by atoms with E-state index in [1.54, 1.807) is 12.5 Å². The van der Waals surface area contributed by atoms with E-state index < -0.39 is 23.5 Å². The molecule has 5 rings (SSSR count). The Morgan fingerprint density at radius 2 is 1.26 bits per heavy atom. The highest BCUT2D eigenvalue weighted by Gasteiger charge is 2.38. The van der Waals surface area contributed by atoms with Crippen LogP contribution in [-0.4, -0.2) is 34.6 Å². The third kappa shape index (κ3) is 7.93. The summed E-state index contributed by atoms with van der Waals surface area (Å²) in [6.07, 6.45) is 3.62. The number of ether oxygens (including phenoxy) is 1. The van der Waals surface area contributed by atoms with Crippen molar-refractivity contribution in [2.75, 3.05) is 6.61 Å². The molecule has 0 radical (unpaired) electrons. The zero-order valence-electron chi connectivity index (χ0n) is 23.2. The van der Waals surface area contributed by atoms with E-state index in [1.165, 1.54) is 0 Å². The number of carbonyl (C=O) groups excluding carboxylic acids is 2. The number of urea groups is 1. The third-order valence-electron chi connectivity index (χ3n) is 6.83. The molecule has 1 atom stereocenters. The van der Waals surface area contributed by atoms with E-state index in [0.717, 1.165) is 27.9 Å². The quantitative estimate of drug-likeness (QED) is 0.145. The zero-order valence-corrected chi connectivity index (χ0v) is 23.2. The van der Waals surface area contributed by atoms with Gasteiger partial charge in [0.05, 0.1) is 17.4 Å². The van der Waals surface area contributed by atoms with E-state index in [2.05, 4.69) is 51.7 Å². The van der Waals surface area contributed by atoms with E-state index in [9.17, 15) is 9.59 Å². The summed E-state index contributed by atoms with van der Waals surface area (Å²) in [5, 5.41) is 2.50. The summed E-state index contributed by atoms with van der Waals surface area (Å²) in [4.78, 5) is 30.1. The van der Waals surface area contributed by atoms with E-state index >= 15 is 0 Å². The van der Waals surface area contributed by atoms with Gasteiger partial charge in [0.1, 0.15) is 12.6 Å². The Labute approximate surface area is 245 Å². The first-order valence-corrected chi connectivity index (χ1v) is 13.6. The van der Waals surface area contributed by atoms with Crippen LogP contribution in [-0.2, 0) is 27.9 Å². The summed E-state index contributed by atoms with van der Waals surface area (Å²) in [7, 11) is 0. The molecule has 0 saturated heterocycles. The van der Waals surface area contributed by atoms with Gasteiger partial charge in [0.25, 0.3) is 0 Å². The lowest BCUT2D eigenvalue weighted by atomic mass is 9.70. The summed E-state index contributed by atoms with van der Waals surface area (Å²) in [6.45, 7) is 0.633. The van der Waals surface area contributed by atoms with Crippen molar-refractivity contribution in [2.24, 2.45) is 11.5 Å². The molecular weight excluding hydrogens is 526 g/mol. The zero-order chi connectivity index (χ0) is 29.6. The van der Waals surface area contributed by atoms with Crippen LogP contribution in [0.3, 0.4) is 0 Å². The van der Waals surface area contributed by atoms with Crippen LogP contribution in [0.25, 0.3) is 0 Å². The van der Waals surface area contributed by atoms with Gasteiger partial charge in [0, 0.05) is 19.2 Å². The number of benzene rings is 4. The van der Waals surface area contributed by atoms with E-state index in [-0.39, 0.29) is 6.61 Å². The lowest BCUT2D eigenvalue weighted by Gasteiger charge is -2.35. The number of aromatic amines is 1. The number of H-pyrrole nitrogens is 1. The fourth-order valence-corrected chi connectivity index (χ4v) is 4.70. The van der Waals surface area contributed by atoms with Gasteiger partial charge >= 0.3 is 12.0 Å². The number of nitrogens with zero attached hydrogens (tertiary/aromatic N) is 1. The van der Waals surface area contributed by atoms with Crippen LogP contribution in [0, 0.1) is 0 Å². The van der Waals surface area contributed by atoms with Gasteiger partial charge in [0.2, 0.25) is 0 Å². The second kappa shape index (κ2) is 15.0. The van der Waals surface area contributed by atoms with Gasteiger partial charge < -0.3 is 26.5 Å². The number of nitrogens with one attached hydrogen (secondary N) is 2. The predicted molar refractivity (Wildman–Crippen MR) is 163 cm³/mol. The molecular formula is C34H35N5O3. The molecule has 1 heterocycles. The van der Waals surface area contributed by atoms with Gasteiger partial charge in [-0.15, -0.1) is 0 Å². The molecule has 0 bridgehead atoms. The molecule has 0 aliphatic carbocycles. The standard InChI is InChI=1S/C26H25N3O2.C8H10N2O/c27-24(16-23-17-28-19-29-23)25(30)31-18-26(20-10-4-1-5-11-20,21-12-6-2-7-13-21)22-14-8-3-9-15-22;9-8(11)10-6-7-4-2-1-3-5-7/h1-15,17,19,24H,16,18,27H2,(H,28,29);1-5H,6H2,(H3,9,10,11)/t24-;/m0./s1. The topological polar surface area (TPSA) is 136 Å². The Morgan fingerprint density at radius 1 is 0.786 bits per heavy atom. The average Bonchev–Trinajstić information content (AvgIpc) is 3.56. The minimum atomic E-state index is -0.789. The molecule has 0 saturated carbocycles. The lowest BCUT2D eigenvalue weighted by molar-refractivity contribution is -0.146. The molecule has 0 fully saturated rings. The number of hydrogen-bond acceptors (Lipinski definition) is 5. The monoisotopic (exact) mass is 561 g/mol. The van der Waals surface area contributed by atoms with Crippen LogP contribution in [0.5, 0.6) is 0 Å². The molecule has 0 aliphatic heterocycles. The van der Waals surface area contributed by atoms with Crippen LogP contribution >= 0.6 is 0 Å². The van der Waals surface area contributed by atoms with Gasteiger partial charge in [-0.25, -0.2) is 9.78 Å². The highest BCUT2D eigenvalue weighted by molar-refractivity contribution is 5.76. The van der Waals surface area contributed by atoms with E-state index in [1.807, 2.05) is 84.9 Å². The molecule has 214 valence electrons. The fraction of sp³-hybridized carbons (Fsp3) is 0.147. The van der Waals surface area contributed by atoms with Crippen molar-refractivity contribution in [3.63, 3.8) is 0 Å². The van der Waals surface area contributed by atoms with E-state index in [0.29, 0.717) is 13.0 Å². The van der Waals surface area contributed by atoms with Crippen molar-refractivity contribution in [2.45, 2.75) is 24.4 Å². The number of nitrogens with two attached hydrogens (primary N) is 2. The molecule has 4 aromatic carbocycles. The van der Waals surface area contributed by atoms with Gasteiger partial charge in [-0.1, -0.05) is 121 Å². The van der Waals surface area contributed by atoms with Crippen LogP contribution in [0.1, 0.15) is 27.9 Å². The van der Waals surface area contributed by atoms with Crippen LogP contribution in [0.15, 0.2) is 134 Å². The Kier molecular flexibility index (Phi) is 10.6. The Bertz CT molecular complexity index is 1400. The van der Waals surface area contributed by atoms with E-state index in [4.69, 9.17) is 16.2 Å². The highest BCUT2D eigenvalue weighted by Crippen LogP contribution is 2.39. The number of rotatable bonds is 10. The Morgan fingerprint density at radius 3 is 1.69 bits per heavy atom. The maximum Gasteiger partial charge on any atom is 0.323 e. The van der Waals surface area contributed by atoms with Crippen molar-refractivity contribution in [3.05, 3.63) is 162 Å². The number of carbonyl (C=O) groups is 2. The average molecular weight is 562 g/mol. The van der Waals surface area contributed by atoms with Crippen LogP contribution in [0.4, 0.5) is 4.79 Å². The summed E-state index contributed by atoms with van der Waals surface area (Å²) < 4.78 is 5.88. The second-order valence-corrected chi connectivity index (χ2v) is 9.69. The number of amides is 2. The number of hydrogen-bond donors (Lipinski definition) is 4. The third-order valence-corrected chi connectivity index (χ3v) is 6.83. The molecule has 0 spiro atoms. The number of primary amides is 1. The lowest BCUT2D eigenvalue weighted by Crippen LogP contribution is -2.40. The summed E-state index contributed by atoms with van der Waals surface area (Å²) in [5.41, 5.74) is 15.3. The maximum atomic E-state index is 12.8. The molecule has 1 aromatic heterocycles. The van der Waals surface area contributed by atoms with Crippen LogP contribution in [0.2, 0.25) is 0 Å². The van der Waals surface area contributed by atoms with Gasteiger partial charge in [0.15, 0.2) is 0 Å². The van der Waals surface area contributed by atoms with Crippen molar-refractivity contribution in [3.8, 4) is 0 Å². The molecule has 2 amide bonds. The van der Waals surface area contributed by atoms with Gasteiger partial charge in [-0.2, -0.15) is 0 Å². The first kappa shape index (κ1) is 29.8. The molecule has 5 aromatic rings. The van der Waals surface area contributed by atoms with Crippen molar-refractivity contribution >= 4 is 12.0 Å². The number of aromatic nitrogens is 2. The minimum absolute atomic E-state index is 0.137. The summed E-state index contributed by atoms with van der Waals surface area (Å²) >= 11 is 0. The summed E-state index contributed by atoms with van der Waals surface area (Å²) in [6, 6.07) is 38.7. The highest BCUT2D eigenvalue weighted by atomic mass is 16.5. The Hall–Kier alpha value is -5.21. The fourth-order valence-electron chi connectivity index (χ4n) is 4.70. The predicted octanol–water partition coefficient (Wildman–Crippen LogP) is 4.71. The molecule has 0 unspecified atom stereocenters. The molecule has 6 N–H and O–H groups in total. The largest absolute Gasteiger partial charge is 0.463 e. The van der Waals surface area contributed by atoms with Crippen molar-refractivity contribution < 1.29 is 14.3 Å². The number of esters is 1. The van der Waals surface area contributed by atoms with Crippen LogP contribution < -0.4 is 16.8 Å². The molecule has 8 nitrogen and oxygen atoms in total. The first-order chi connectivity index (χ1) is 20.5. The van der Waals surface area contributed by atoms with Crippen molar-refractivity contribution in [1.82, 2.24) is 15.3 Å². The van der Waals surface area contributed by atoms with Crippen molar-refractivity contribution in [1.29, 1.82) is 0 Å². The van der Waals surface area contributed by atoms with Gasteiger partial charge in [-0.3, -0.25) is 4.79 Å². The molecule has 42 heavy (non-hydrogen) atoms. The SMILES string of the molecule is NC(=O)NCc1ccccc1.N[C@@H](Cc1c[nH]cn1)C(=O)OCC(c1ccccc1)(c1ccccc1)c1ccccc1. The maximum absolute atomic E-state index is 12.8. The number of imidazole rings is 1. The Balaban J connectivity index is 0.000000310. The molecule has 0 aliphatic rings. The smallest absolute Gasteiger partial charge is 0.323 e. The molecule has 8 heteroatoms. The second-order valence-electron chi connectivity index (χ2n) is 9.69. The normalized spacial score (nSPS) is 11.5. The minimum Gasteiger partial charge on any atom is -0.463 e.